The van der Waals surface area contributed by atoms with E-state index in [4.69, 9.17) is 4.74 Å². The second-order valence-corrected chi connectivity index (χ2v) is 5.61. The predicted octanol–water partition coefficient (Wildman–Crippen LogP) is 2.36. The number of aryl methyl sites for hydroxylation is 2. The molecule has 0 saturated carbocycles. The van der Waals surface area contributed by atoms with Crippen LogP contribution in [0.15, 0.2) is 12.1 Å². The minimum Gasteiger partial charge on any atom is -0.434 e. The third kappa shape index (κ3) is 4.01. The van der Waals surface area contributed by atoms with Gasteiger partial charge in [0.25, 0.3) is 0 Å². The van der Waals surface area contributed by atoms with Crippen molar-refractivity contribution in [3.8, 4) is 11.6 Å². The molecule has 2 rings (SSSR count). The number of nitrogens with one attached hydrogen (secondary N) is 1. The lowest BCUT2D eigenvalue weighted by Gasteiger charge is -2.07. The van der Waals surface area contributed by atoms with Gasteiger partial charge in [0.2, 0.25) is 5.88 Å². The summed E-state index contributed by atoms with van der Waals surface area (Å²) in [7, 11) is 1.89. The maximum atomic E-state index is 5.78. The van der Waals surface area contributed by atoms with E-state index in [1.807, 2.05) is 33.0 Å². The van der Waals surface area contributed by atoms with E-state index in [0.717, 1.165) is 35.9 Å². The van der Waals surface area contributed by atoms with Crippen molar-refractivity contribution in [3.05, 3.63) is 29.2 Å². The number of rotatable bonds is 6. The molecule has 0 aromatic carbocycles. The Morgan fingerprint density at radius 2 is 2.00 bits per heavy atom. The molecule has 0 spiro atoms. The first-order valence-corrected chi connectivity index (χ1v) is 7.18. The fraction of sp³-hybridized carbons (Fsp3) is 0.533. The molecule has 21 heavy (non-hydrogen) atoms. The molecule has 0 aliphatic heterocycles. The summed E-state index contributed by atoms with van der Waals surface area (Å²) in [6.45, 7) is 9.92. The summed E-state index contributed by atoms with van der Waals surface area (Å²) < 4.78 is 7.58. The molecule has 0 atom stereocenters. The van der Waals surface area contributed by atoms with Crippen molar-refractivity contribution in [1.29, 1.82) is 0 Å². The Kier molecular flexibility index (Phi) is 4.90. The molecule has 0 aliphatic rings. The van der Waals surface area contributed by atoms with Gasteiger partial charge in [-0.2, -0.15) is 10.2 Å². The van der Waals surface area contributed by atoms with Crippen molar-refractivity contribution in [3.63, 3.8) is 0 Å². The quantitative estimate of drug-likeness (QED) is 0.884. The summed E-state index contributed by atoms with van der Waals surface area (Å²) in [4.78, 5) is 0. The highest BCUT2D eigenvalue weighted by molar-refractivity contribution is 5.35. The van der Waals surface area contributed by atoms with Crippen LogP contribution >= 0.6 is 0 Å². The first kappa shape index (κ1) is 15.4. The number of nitrogens with zero attached hydrogens (tertiary/aromatic N) is 4. The van der Waals surface area contributed by atoms with E-state index in [0.29, 0.717) is 11.8 Å². The lowest BCUT2D eigenvalue weighted by molar-refractivity contribution is 0.445. The number of ether oxygens (including phenoxy) is 1. The average Bonchev–Trinajstić information content (AvgIpc) is 2.67. The van der Waals surface area contributed by atoms with Crippen LogP contribution in [-0.4, -0.2) is 26.5 Å². The van der Waals surface area contributed by atoms with Crippen molar-refractivity contribution in [1.82, 2.24) is 25.3 Å². The van der Waals surface area contributed by atoms with Gasteiger partial charge in [-0.05, 0) is 32.4 Å². The summed E-state index contributed by atoms with van der Waals surface area (Å²) in [5, 5.41) is 15.9. The maximum absolute atomic E-state index is 5.78. The van der Waals surface area contributed by atoms with Crippen molar-refractivity contribution in [2.24, 2.45) is 13.0 Å². The van der Waals surface area contributed by atoms with Crippen LogP contribution in [0, 0.1) is 19.8 Å². The van der Waals surface area contributed by atoms with Gasteiger partial charge in [0.05, 0.1) is 11.4 Å². The van der Waals surface area contributed by atoms with E-state index in [1.54, 1.807) is 4.68 Å². The SMILES string of the molecule is Cc1nn(C)c(C)c1Oc1ccc(CNCC(C)C)nn1. The van der Waals surface area contributed by atoms with Gasteiger partial charge in [0, 0.05) is 19.7 Å². The molecule has 0 amide bonds. The molecule has 2 aromatic heterocycles. The molecule has 6 nitrogen and oxygen atoms in total. The normalized spacial score (nSPS) is 11.1. The van der Waals surface area contributed by atoms with Gasteiger partial charge in [-0.15, -0.1) is 5.10 Å². The predicted molar refractivity (Wildman–Crippen MR) is 81.3 cm³/mol. The number of aromatic nitrogens is 4. The molecule has 1 N–H and O–H groups in total. The molecule has 2 heterocycles. The molecule has 0 unspecified atom stereocenters. The van der Waals surface area contributed by atoms with Gasteiger partial charge >= 0.3 is 0 Å². The third-order valence-electron chi connectivity index (χ3n) is 3.20. The Bertz CT molecular complexity index is 589. The minimum atomic E-state index is 0.488. The van der Waals surface area contributed by atoms with Crippen LogP contribution in [0.25, 0.3) is 0 Å². The van der Waals surface area contributed by atoms with Crippen LogP contribution < -0.4 is 10.1 Å². The van der Waals surface area contributed by atoms with Gasteiger partial charge in [-0.25, -0.2) is 0 Å². The van der Waals surface area contributed by atoms with Gasteiger partial charge in [0.1, 0.15) is 5.69 Å². The molecule has 0 aliphatic carbocycles. The second-order valence-electron chi connectivity index (χ2n) is 5.61. The van der Waals surface area contributed by atoms with Crippen LogP contribution in [0.1, 0.15) is 30.9 Å². The van der Waals surface area contributed by atoms with Crippen molar-refractivity contribution >= 4 is 0 Å². The fourth-order valence-electron chi connectivity index (χ4n) is 1.99. The van der Waals surface area contributed by atoms with E-state index < -0.39 is 0 Å². The summed E-state index contributed by atoms with van der Waals surface area (Å²) >= 11 is 0. The number of hydrogen-bond donors (Lipinski definition) is 1. The summed E-state index contributed by atoms with van der Waals surface area (Å²) in [5.74, 6) is 1.86. The number of hydrogen-bond acceptors (Lipinski definition) is 5. The van der Waals surface area contributed by atoms with Crippen molar-refractivity contribution in [2.45, 2.75) is 34.2 Å². The lowest BCUT2D eigenvalue weighted by Crippen LogP contribution is -2.19. The monoisotopic (exact) mass is 289 g/mol. The molecule has 2 aromatic rings. The van der Waals surface area contributed by atoms with Crippen molar-refractivity contribution in [2.75, 3.05) is 6.54 Å². The largest absolute Gasteiger partial charge is 0.434 e. The second kappa shape index (κ2) is 6.67. The first-order chi connectivity index (χ1) is 9.97. The molecule has 0 radical (unpaired) electrons. The zero-order chi connectivity index (χ0) is 15.4. The van der Waals surface area contributed by atoms with E-state index in [2.05, 4.69) is 34.5 Å². The Morgan fingerprint density at radius 3 is 2.52 bits per heavy atom. The highest BCUT2D eigenvalue weighted by Gasteiger charge is 2.12. The van der Waals surface area contributed by atoms with E-state index in [1.165, 1.54) is 0 Å². The standard InChI is InChI=1S/C15H23N5O/c1-10(2)8-16-9-13-6-7-14(18-17-13)21-15-11(3)19-20(5)12(15)4/h6-7,10,16H,8-9H2,1-5H3. The van der Waals surface area contributed by atoms with E-state index in [9.17, 15) is 0 Å². The molecule has 0 saturated heterocycles. The van der Waals surface area contributed by atoms with Crippen LogP contribution in [0.4, 0.5) is 0 Å². The van der Waals surface area contributed by atoms with Gasteiger partial charge in [-0.1, -0.05) is 13.8 Å². The van der Waals surface area contributed by atoms with Gasteiger partial charge in [0.15, 0.2) is 5.75 Å². The molecule has 114 valence electrons. The van der Waals surface area contributed by atoms with Gasteiger partial charge in [-0.3, -0.25) is 4.68 Å². The molecule has 6 heteroatoms. The smallest absolute Gasteiger partial charge is 0.239 e. The molecule has 0 bridgehead atoms. The summed E-state index contributed by atoms with van der Waals surface area (Å²) in [6.07, 6.45) is 0. The zero-order valence-corrected chi connectivity index (χ0v) is 13.3. The summed E-state index contributed by atoms with van der Waals surface area (Å²) in [6, 6.07) is 3.77. The Hall–Kier alpha value is -1.95. The van der Waals surface area contributed by atoms with Crippen LogP contribution in [0.2, 0.25) is 0 Å². The molecular weight excluding hydrogens is 266 g/mol. The topological polar surface area (TPSA) is 64.9 Å². The Labute approximate surface area is 125 Å². The van der Waals surface area contributed by atoms with Crippen LogP contribution in [-0.2, 0) is 13.6 Å². The highest BCUT2D eigenvalue weighted by atomic mass is 16.5. The Balaban J connectivity index is 1.99. The average molecular weight is 289 g/mol. The third-order valence-corrected chi connectivity index (χ3v) is 3.20. The fourth-order valence-corrected chi connectivity index (χ4v) is 1.99. The summed E-state index contributed by atoms with van der Waals surface area (Å²) in [5.41, 5.74) is 2.72. The molecular formula is C15H23N5O. The maximum Gasteiger partial charge on any atom is 0.239 e. The van der Waals surface area contributed by atoms with Gasteiger partial charge < -0.3 is 10.1 Å². The Morgan fingerprint density at radius 1 is 1.24 bits per heavy atom. The van der Waals surface area contributed by atoms with Crippen LogP contribution in [0.3, 0.4) is 0 Å². The first-order valence-electron chi connectivity index (χ1n) is 7.18. The molecule has 0 fully saturated rings. The van der Waals surface area contributed by atoms with Crippen molar-refractivity contribution < 1.29 is 4.74 Å². The lowest BCUT2D eigenvalue weighted by atomic mass is 10.2. The highest BCUT2D eigenvalue weighted by Crippen LogP contribution is 2.26. The van der Waals surface area contributed by atoms with E-state index >= 15 is 0 Å². The van der Waals surface area contributed by atoms with Crippen LogP contribution in [0.5, 0.6) is 11.6 Å². The minimum absolute atomic E-state index is 0.488. The van der Waals surface area contributed by atoms with E-state index in [-0.39, 0.29) is 0 Å². The zero-order valence-electron chi connectivity index (χ0n) is 13.3.